The summed E-state index contributed by atoms with van der Waals surface area (Å²) < 4.78 is 5.71. The van der Waals surface area contributed by atoms with Gasteiger partial charge in [-0.3, -0.25) is 0 Å². The van der Waals surface area contributed by atoms with E-state index in [-0.39, 0.29) is 0 Å². The summed E-state index contributed by atoms with van der Waals surface area (Å²) in [5, 5.41) is 0. The summed E-state index contributed by atoms with van der Waals surface area (Å²) in [6, 6.07) is 4.14. The fourth-order valence-electron chi connectivity index (χ4n) is 2.11. The Balaban J connectivity index is 2.17. The maximum Gasteiger partial charge on any atom is 0.217 e. The highest BCUT2D eigenvalue weighted by molar-refractivity contribution is 5.34. The van der Waals surface area contributed by atoms with E-state index >= 15 is 0 Å². The van der Waals surface area contributed by atoms with Crippen molar-refractivity contribution < 1.29 is 4.74 Å². The van der Waals surface area contributed by atoms with Crippen LogP contribution < -0.4 is 4.74 Å². The van der Waals surface area contributed by atoms with Crippen molar-refractivity contribution in [1.82, 2.24) is 4.98 Å². The monoisotopic (exact) mass is 191 g/mol. The highest BCUT2D eigenvalue weighted by Crippen LogP contribution is 2.38. The van der Waals surface area contributed by atoms with Crippen LogP contribution in [-0.2, 0) is 0 Å². The molecule has 0 amide bonds. The van der Waals surface area contributed by atoms with E-state index in [4.69, 9.17) is 4.74 Å². The molecule has 0 fully saturated rings. The maximum absolute atomic E-state index is 5.71. The molecule has 2 heterocycles. The van der Waals surface area contributed by atoms with Gasteiger partial charge in [0.25, 0.3) is 0 Å². The molecule has 0 saturated heterocycles. The molecule has 2 nitrogen and oxygen atoms in total. The Morgan fingerprint density at radius 2 is 2.36 bits per heavy atom. The minimum atomic E-state index is 0.298. The predicted octanol–water partition coefficient (Wildman–Crippen LogP) is 3.14. The van der Waals surface area contributed by atoms with E-state index in [2.05, 4.69) is 24.9 Å². The van der Waals surface area contributed by atoms with Gasteiger partial charge in [-0.15, -0.1) is 0 Å². The molecule has 0 spiro atoms. The third kappa shape index (κ3) is 1.61. The summed E-state index contributed by atoms with van der Waals surface area (Å²) in [4.78, 5) is 4.25. The second kappa shape index (κ2) is 3.99. The van der Waals surface area contributed by atoms with Crippen LogP contribution >= 0.6 is 0 Å². The van der Waals surface area contributed by atoms with Gasteiger partial charge in [-0.05, 0) is 19.4 Å². The fourth-order valence-corrected chi connectivity index (χ4v) is 2.11. The first-order valence-electron chi connectivity index (χ1n) is 5.44. The first kappa shape index (κ1) is 9.50. The van der Waals surface area contributed by atoms with Crippen molar-refractivity contribution in [3.05, 3.63) is 23.9 Å². The molecular formula is C12H17NO. The van der Waals surface area contributed by atoms with Crippen molar-refractivity contribution in [3.63, 3.8) is 0 Å². The number of ether oxygens (including phenoxy) is 1. The van der Waals surface area contributed by atoms with Gasteiger partial charge >= 0.3 is 0 Å². The van der Waals surface area contributed by atoms with E-state index < -0.39 is 0 Å². The third-order valence-electron chi connectivity index (χ3n) is 2.93. The van der Waals surface area contributed by atoms with Crippen LogP contribution in [0.25, 0.3) is 0 Å². The smallest absolute Gasteiger partial charge is 0.217 e. The standard InChI is InChI=1S/C12H17NO/c1-3-4-6-10-9(2)14-12-11(10)7-5-8-13-12/h5,7-10H,3-4,6H2,1-2H3. The zero-order valence-electron chi connectivity index (χ0n) is 8.86. The Kier molecular flexibility index (Phi) is 2.71. The van der Waals surface area contributed by atoms with Gasteiger partial charge in [0.05, 0.1) is 0 Å². The number of pyridine rings is 1. The SMILES string of the molecule is CCCCC1c2cccnc2OC1C. The van der Waals surface area contributed by atoms with Gasteiger partial charge < -0.3 is 4.74 Å². The molecule has 0 aromatic carbocycles. The Bertz CT molecular complexity index is 311. The first-order valence-corrected chi connectivity index (χ1v) is 5.44. The molecule has 2 heteroatoms. The molecule has 2 atom stereocenters. The van der Waals surface area contributed by atoms with E-state index in [1.54, 1.807) is 6.20 Å². The largest absolute Gasteiger partial charge is 0.474 e. The molecule has 1 aliphatic heterocycles. The van der Waals surface area contributed by atoms with Gasteiger partial charge in [0.2, 0.25) is 5.88 Å². The normalized spacial score (nSPS) is 24.4. The van der Waals surface area contributed by atoms with Gasteiger partial charge in [-0.25, -0.2) is 4.98 Å². The fraction of sp³-hybridized carbons (Fsp3) is 0.583. The van der Waals surface area contributed by atoms with Crippen LogP contribution in [0.5, 0.6) is 5.88 Å². The van der Waals surface area contributed by atoms with Crippen molar-refractivity contribution in [2.75, 3.05) is 0 Å². The Morgan fingerprint density at radius 3 is 3.14 bits per heavy atom. The van der Waals surface area contributed by atoms with Crippen LogP contribution in [0.3, 0.4) is 0 Å². The molecule has 2 unspecified atom stereocenters. The number of hydrogen-bond acceptors (Lipinski definition) is 2. The predicted molar refractivity (Wildman–Crippen MR) is 56.6 cm³/mol. The van der Waals surface area contributed by atoms with Gasteiger partial charge in [0, 0.05) is 17.7 Å². The molecular weight excluding hydrogens is 174 g/mol. The van der Waals surface area contributed by atoms with Gasteiger partial charge in [-0.1, -0.05) is 25.8 Å². The van der Waals surface area contributed by atoms with Crippen molar-refractivity contribution in [3.8, 4) is 5.88 Å². The minimum Gasteiger partial charge on any atom is -0.474 e. The van der Waals surface area contributed by atoms with Crippen LogP contribution in [0.4, 0.5) is 0 Å². The third-order valence-corrected chi connectivity index (χ3v) is 2.93. The molecule has 76 valence electrons. The zero-order chi connectivity index (χ0) is 9.97. The van der Waals surface area contributed by atoms with Gasteiger partial charge in [0.1, 0.15) is 6.10 Å². The number of fused-ring (bicyclic) bond motifs is 1. The second-order valence-electron chi connectivity index (χ2n) is 3.97. The lowest BCUT2D eigenvalue weighted by molar-refractivity contribution is 0.213. The topological polar surface area (TPSA) is 22.1 Å². The molecule has 0 saturated carbocycles. The van der Waals surface area contributed by atoms with E-state index in [1.807, 2.05) is 6.07 Å². The van der Waals surface area contributed by atoms with Crippen LogP contribution in [-0.4, -0.2) is 11.1 Å². The van der Waals surface area contributed by atoms with Crippen LogP contribution in [0.2, 0.25) is 0 Å². The van der Waals surface area contributed by atoms with Gasteiger partial charge in [0.15, 0.2) is 0 Å². The molecule has 0 N–H and O–H groups in total. The lowest BCUT2D eigenvalue weighted by Crippen LogP contribution is -2.13. The van der Waals surface area contributed by atoms with Gasteiger partial charge in [-0.2, -0.15) is 0 Å². The Hall–Kier alpha value is -1.05. The number of aromatic nitrogens is 1. The first-order chi connectivity index (χ1) is 6.83. The highest BCUT2D eigenvalue weighted by atomic mass is 16.5. The van der Waals surface area contributed by atoms with Crippen molar-refractivity contribution >= 4 is 0 Å². The summed E-state index contributed by atoms with van der Waals surface area (Å²) in [6.45, 7) is 4.37. The Morgan fingerprint density at radius 1 is 1.50 bits per heavy atom. The lowest BCUT2D eigenvalue weighted by Gasteiger charge is -2.13. The van der Waals surface area contributed by atoms with Crippen molar-refractivity contribution in [2.45, 2.75) is 45.1 Å². The van der Waals surface area contributed by atoms with E-state index in [0.29, 0.717) is 12.0 Å². The van der Waals surface area contributed by atoms with Crippen LogP contribution in [0.1, 0.15) is 44.6 Å². The van der Waals surface area contributed by atoms with Crippen molar-refractivity contribution in [2.24, 2.45) is 0 Å². The molecule has 1 aromatic heterocycles. The minimum absolute atomic E-state index is 0.298. The number of hydrogen-bond donors (Lipinski definition) is 0. The molecule has 14 heavy (non-hydrogen) atoms. The number of unbranched alkanes of at least 4 members (excludes halogenated alkanes) is 1. The number of rotatable bonds is 3. The Labute approximate surface area is 85.3 Å². The molecule has 0 aliphatic carbocycles. The maximum atomic E-state index is 5.71. The summed E-state index contributed by atoms with van der Waals surface area (Å²) in [6.07, 6.45) is 5.83. The molecule has 2 rings (SSSR count). The van der Waals surface area contributed by atoms with E-state index in [1.165, 1.54) is 24.8 Å². The summed E-state index contributed by atoms with van der Waals surface area (Å²) >= 11 is 0. The molecule has 0 radical (unpaired) electrons. The van der Waals surface area contributed by atoms with Crippen LogP contribution in [0.15, 0.2) is 18.3 Å². The van der Waals surface area contributed by atoms with Crippen molar-refractivity contribution in [1.29, 1.82) is 0 Å². The summed E-state index contributed by atoms with van der Waals surface area (Å²) in [5.74, 6) is 1.40. The quantitative estimate of drug-likeness (QED) is 0.732. The summed E-state index contributed by atoms with van der Waals surface area (Å²) in [5.41, 5.74) is 1.30. The second-order valence-corrected chi connectivity index (χ2v) is 3.97. The lowest BCUT2D eigenvalue weighted by atomic mass is 9.92. The molecule has 1 aromatic rings. The zero-order valence-corrected chi connectivity index (χ0v) is 8.86. The van der Waals surface area contributed by atoms with E-state index in [9.17, 15) is 0 Å². The average Bonchev–Trinajstić information content (AvgIpc) is 2.51. The molecule has 0 bridgehead atoms. The highest BCUT2D eigenvalue weighted by Gasteiger charge is 2.30. The number of nitrogens with zero attached hydrogens (tertiary/aromatic N) is 1. The average molecular weight is 191 g/mol. The molecule has 1 aliphatic rings. The summed E-state index contributed by atoms with van der Waals surface area (Å²) in [7, 11) is 0. The van der Waals surface area contributed by atoms with Crippen LogP contribution in [0, 0.1) is 0 Å². The van der Waals surface area contributed by atoms with E-state index in [0.717, 1.165) is 5.88 Å².